The summed E-state index contributed by atoms with van der Waals surface area (Å²) in [5.41, 5.74) is 3.75. The lowest BCUT2D eigenvalue weighted by Crippen LogP contribution is -2.15. The van der Waals surface area contributed by atoms with Crippen molar-refractivity contribution in [3.8, 4) is 0 Å². The maximum Gasteiger partial charge on any atom is 0.162 e. The second-order valence-electron chi connectivity index (χ2n) is 6.06. The van der Waals surface area contributed by atoms with E-state index in [9.17, 15) is 8.78 Å². The van der Waals surface area contributed by atoms with Gasteiger partial charge in [-0.05, 0) is 49.4 Å². The lowest BCUT2D eigenvalue weighted by molar-refractivity contribution is 0.627. The molecule has 0 fully saturated rings. The van der Waals surface area contributed by atoms with Crippen LogP contribution in [0, 0.1) is 18.6 Å². The van der Waals surface area contributed by atoms with Gasteiger partial charge in [-0.1, -0.05) is 29.8 Å². The van der Waals surface area contributed by atoms with Crippen molar-refractivity contribution in [2.75, 3.05) is 5.32 Å². The Labute approximate surface area is 149 Å². The van der Waals surface area contributed by atoms with E-state index >= 15 is 0 Å². The standard InChI is InChI=1S/C21H15F2N3/c1-13-2-4-14(5-3-13)21-25-19-12-17(23)10-11-18(19)24-20(26-21)15-6-8-16(22)9-7-15/h2-12H,1H3,(H,24,25,26). The molecular formula is C21H15F2N3. The van der Waals surface area contributed by atoms with E-state index in [1.54, 1.807) is 18.2 Å². The number of fused-ring (bicyclic) bond motifs is 1. The van der Waals surface area contributed by atoms with E-state index in [0.717, 1.165) is 11.1 Å². The summed E-state index contributed by atoms with van der Waals surface area (Å²) in [7, 11) is 0. The highest BCUT2D eigenvalue weighted by molar-refractivity contribution is 6.19. The van der Waals surface area contributed by atoms with E-state index in [-0.39, 0.29) is 11.6 Å². The number of nitrogens with one attached hydrogen (secondary N) is 1. The minimum atomic E-state index is -0.361. The number of halogens is 2. The van der Waals surface area contributed by atoms with Crippen molar-refractivity contribution in [1.29, 1.82) is 0 Å². The van der Waals surface area contributed by atoms with Crippen LogP contribution >= 0.6 is 0 Å². The second kappa shape index (κ2) is 6.52. The monoisotopic (exact) mass is 347 g/mol. The SMILES string of the molecule is Cc1ccc(C2=NC(c3ccc(F)cc3)=Nc3ccc(F)cc3N2)cc1. The molecule has 0 amide bonds. The van der Waals surface area contributed by atoms with Crippen molar-refractivity contribution in [3.05, 3.63) is 95.1 Å². The fourth-order valence-electron chi connectivity index (χ4n) is 2.68. The van der Waals surface area contributed by atoms with Crippen molar-refractivity contribution < 1.29 is 8.78 Å². The van der Waals surface area contributed by atoms with Crippen LogP contribution in [-0.2, 0) is 0 Å². The van der Waals surface area contributed by atoms with Gasteiger partial charge in [0, 0.05) is 11.1 Å². The second-order valence-corrected chi connectivity index (χ2v) is 6.06. The third-order valence-corrected chi connectivity index (χ3v) is 4.08. The van der Waals surface area contributed by atoms with Gasteiger partial charge in [-0.2, -0.15) is 0 Å². The van der Waals surface area contributed by atoms with Crippen LogP contribution in [-0.4, -0.2) is 11.7 Å². The third-order valence-electron chi connectivity index (χ3n) is 4.08. The summed E-state index contributed by atoms with van der Waals surface area (Å²) in [6.45, 7) is 2.00. The molecule has 0 saturated heterocycles. The lowest BCUT2D eigenvalue weighted by atomic mass is 10.1. The summed E-state index contributed by atoms with van der Waals surface area (Å²) < 4.78 is 27.0. The maximum absolute atomic E-state index is 13.7. The van der Waals surface area contributed by atoms with E-state index < -0.39 is 0 Å². The molecule has 1 aliphatic rings. The molecule has 0 radical (unpaired) electrons. The number of aliphatic imine (C=N–C) groups is 2. The topological polar surface area (TPSA) is 36.8 Å². The van der Waals surface area contributed by atoms with Gasteiger partial charge in [0.15, 0.2) is 5.84 Å². The Bertz CT molecular complexity index is 1020. The molecule has 3 aromatic carbocycles. The molecule has 0 aromatic heterocycles. The van der Waals surface area contributed by atoms with Gasteiger partial charge in [0.2, 0.25) is 0 Å². The number of benzene rings is 3. The highest BCUT2D eigenvalue weighted by Crippen LogP contribution is 2.30. The fraction of sp³-hybridized carbons (Fsp3) is 0.0476. The molecule has 3 nitrogen and oxygen atoms in total. The third kappa shape index (κ3) is 3.24. The first-order valence-corrected chi connectivity index (χ1v) is 8.15. The highest BCUT2D eigenvalue weighted by Gasteiger charge is 2.16. The number of nitrogens with zero attached hydrogens (tertiary/aromatic N) is 2. The van der Waals surface area contributed by atoms with Crippen molar-refractivity contribution in [2.24, 2.45) is 9.98 Å². The summed E-state index contributed by atoms with van der Waals surface area (Å²) >= 11 is 0. The Morgan fingerprint density at radius 3 is 2.12 bits per heavy atom. The molecule has 1 aliphatic heterocycles. The molecule has 1 heterocycles. The minimum Gasteiger partial charge on any atom is -0.338 e. The van der Waals surface area contributed by atoms with Gasteiger partial charge in [-0.3, -0.25) is 0 Å². The average molecular weight is 347 g/mol. The quantitative estimate of drug-likeness (QED) is 0.678. The average Bonchev–Trinajstić information content (AvgIpc) is 2.82. The molecule has 0 aliphatic carbocycles. The summed E-state index contributed by atoms with van der Waals surface area (Å²) in [4.78, 5) is 9.18. The number of hydrogen-bond donors (Lipinski definition) is 1. The summed E-state index contributed by atoms with van der Waals surface area (Å²) in [5.74, 6) is 0.294. The molecule has 26 heavy (non-hydrogen) atoms. The van der Waals surface area contributed by atoms with Crippen LogP contribution < -0.4 is 5.32 Å². The van der Waals surface area contributed by atoms with Gasteiger partial charge < -0.3 is 5.32 Å². The molecule has 1 N–H and O–H groups in total. The number of amidine groups is 2. The Kier molecular flexibility index (Phi) is 4.05. The molecule has 0 spiro atoms. The van der Waals surface area contributed by atoms with E-state index in [0.29, 0.717) is 28.6 Å². The van der Waals surface area contributed by atoms with Crippen LogP contribution in [0.15, 0.2) is 76.7 Å². The molecule has 0 bridgehead atoms. The summed E-state index contributed by atoms with van der Waals surface area (Å²) in [5, 5.41) is 3.17. The Morgan fingerprint density at radius 2 is 1.38 bits per heavy atom. The molecule has 4 rings (SSSR count). The Hall–Kier alpha value is -3.34. The van der Waals surface area contributed by atoms with Gasteiger partial charge in [0.05, 0.1) is 11.4 Å². The Balaban J connectivity index is 1.87. The van der Waals surface area contributed by atoms with Crippen molar-refractivity contribution in [1.82, 2.24) is 0 Å². The van der Waals surface area contributed by atoms with E-state index in [2.05, 4.69) is 15.3 Å². The zero-order chi connectivity index (χ0) is 18.1. The molecule has 0 atom stereocenters. The number of hydrogen-bond acceptors (Lipinski definition) is 3. The normalized spacial score (nSPS) is 13.2. The fourth-order valence-corrected chi connectivity index (χ4v) is 2.68. The zero-order valence-corrected chi connectivity index (χ0v) is 14.0. The smallest absolute Gasteiger partial charge is 0.162 e. The van der Waals surface area contributed by atoms with E-state index in [1.807, 2.05) is 31.2 Å². The van der Waals surface area contributed by atoms with Gasteiger partial charge >= 0.3 is 0 Å². The molecule has 128 valence electrons. The maximum atomic E-state index is 13.7. The van der Waals surface area contributed by atoms with Crippen molar-refractivity contribution >= 4 is 23.0 Å². The van der Waals surface area contributed by atoms with Crippen LogP contribution in [0.5, 0.6) is 0 Å². The van der Waals surface area contributed by atoms with E-state index in [1.165, 1.54) is 24.3 Å². The van der Waals surface area contributed by atoms with Crippen LogP contribution in [0.25, 0.3) is 0 Å². The molecule has 0 saturated carbocycles. The molecule has 5 heteroatoms. The molecule has 0 unspecified atom stereocenters. The van der Waals surface area contributed by atoms with E-state index in [4.69, 9.17) is 0 Å². The summed E-state index contributed by atoms with van der Waals surface area (Å²) in [6, 6.07) is 18.1. The Morgan fingerprint density at radius 1 is 0.731 bits per heavy atom. The van der Waals surface area contributed by atoms with Crippen LogP contribution in [0.1, 0.15) is 16.7 Å². The van der Waals surface area contributed by atoms with Crippen molar-refractivity contribution in [2.45, 2.75) is 6.92 Å². The van der Waals surface area contributed by atoms with Crippen LogP contribution in [0.3, 0.4) is 0 Å². The first-order chi connectivity index (χ1) is 12.6. The predicted molar refractivity (Wildman–Crippen MR) is 100 cm³/mol. The van der Waals surface area contributed by atoms with Gasteiger partial charge in [0.25, 0.3) is 0 Å². The largest absolute Gasteiger partial charge is 0.338 e. The lowest BCUT2D eigenvalue weighted by Gasteiger charge is -2.10. The predicted octanol–water partition coefficient (Wildman–Crippen LogP) is 5.22. The molecular weight excluding hydrogens is 332 g/mol. The first kappa shape index (κ1) is 16.1. The van der Waals surface area contributed by atoms with Crippen molar-refractivity contribution in [3.63, 3.8) is 0 Å². The first-order valence-electron chi connectivity index (χ1n) is 8.15. The van der Waals surface area contributed by atoms with Gasteiger partial charge in [0.1, 0.15) is 17.5 Å². The number of rotatable bonds is 2. The van der Waals surface area contributed by atoms with Gasteiger partial charge in [-0.25, -0.2) is 18.8 Å². The van der Waals surface area contributed by atoms with Crippen LogP contribution in [0.2, 0.25) is 0 Å². The zero-order valence-electron chi connectivity index (χ0n) is 14.0. The number of aryl methyl sites for hydroxylation is 1. The number of anilines is 1. The summed E-state index contributed by atoms with van der Waals surface area (Å²) in [6.07, 6.45) is 0. The molecule has 3 aromatic rings. The van der Waals surface area contributed by atoms with Gasteiger partial charge in [-0.15, -0.1) is 0 Å². The van der Waals surface area contributed by atoms with Crippen LogP contribution in [0.4, 0.5) is 20.2 Å². The minimum absolute atomic E-state index is 0.327. The highest BCUT2D eigenvalue weighted by atomic mass is 19.1.